The van der Waals surface area contributed by atoms with Crippen molar-refractivity contribution >= 4 is 16.9 Å². The summed E-state index contributed by atoms with van der Waals surface area (Å²) < 4.78 is 17.0. The van der Waals surface area contributed by atoms with Crippen molar-refractivity contribution in [2.45, 2.75) is 0 Å². The second-order valence-electron chi connectivity index (χ2n) is 0.513. The molecule has 3 N–H and O–H groups in total. The summed E-state index contributed by atoms with van der Waals surface area (Å²) in [6, 6.07) is 0. The molecule has 1 unspecified atom stereocenters. The van der Waals surface area contributed by atoms with E-state index < -0.39 is 7.82 Å². The minimum absolute atomic E-state index is 0. The van der Waals surface area contributed by atoms with Gasteiger partial charge in [-0.25, -0.2) is 4.57 Å². The molecule has 0 rings (SSSR count). The fourth-order valence-corrected chi connectivity index (χ4v) is 0. The van der Waals surface area contributed by atoms with Crippen molar-refractivity contribution in [3.8, 4) is 0 Å². The Morgan fingerprint density at radius 2 is 1.12 bits per heavy atom. The predicted octanol–water partition coefficient (Wildman–Crippen LogP) is -0.722. The second kappa shape index (κ2) is 8.26. The van der Waals surface area contributed by atoms with Gasteiger partial charge in [0, 0.05) is 31.1 Å². The van der Waals surface area contributed by atoms with Crippen molar-refractivity contribution in [3.05, 3.63) is 0 Å². The van der Waals surface area contributed by atoms with Crippen LogP contribution in [0, 0.1) is 31.1 Å². The van der Waals surface area contributed by atoms with E-state index in [0.717, 1.165) is 0 Å². The first-order valence-corrected chi connectivity index (χ1v) is 3.05. The Labute approximate surface area is 71.7 Å². The van der Waals surface area contributed by atoms with E-state index >= 15 is 0 Å². The largest absolute Gasteiger partial charge is 0.466 e. The van der Waals surface area contributed by atoms with Gasteiger partial charge in [-0.2, -0.15) is 0 Å². The summed E-state index contributed by atoms with van der Waals surface area (Å²) in [5.74, 6) is 0. The van der Waals surface area contributed by atoms with Crippen LogP contribution >= 0.6 is 16.9 Å². The Hall–Kier alpha value is 1.26. The zero-order valence-electron chi connectivity index (χ0n) is 3.68. The van der Waals surface area contributed by atoms with Crippen LogP contribution in [0.15, 0.2) is 0 Å². The van der Waals surface area contributed by atoms with Crippen molar-refractivity contribution < 1.29 is 54.9 Å². The van der Waals surface area contributed by atoms with Crippen LogP contribution in [0.2, 0.25) is 0 Å². The van der Waals surface area contributed by atoms with Crippen LogP contribution < -0.4 is 0 Å². The molecule has 8 heteroatoms. The first-order chi connectivity index (χ1) is 3.00. The van der Waals surface area contributed by atoms with Crippen LogP contribution in [0.25, 0.3) is 0 Å². The van der Waals surface area contributed by atoms with E-state index in [1.165, 1.54) is 9.12 Å². The second-order valence-corrected chi connectivity index (χ2v) is 1.54. The molecule has 0 amide bonds. The zero-order valence-corrected chi connectivity index (χ0v) is 9.90. The summed E-state index contributed by atoms with van der Waals surface area (Å²) in [5, 5.41) is 0. The molecule has 0 saturated heterocycles. The Balaban J connectivity index is -0.0000000750. The van der Waals surface area contributed by atoms with Crippen molar-refractivity contribution in [1.29, 1.82) is 0 Å². The fourth-order valence-electron chi connectivity index (χ4n) is 0. The number of hydrogen-bond donors (Lipinski definition) is 3. The molecule has 0 aliphatic heterocycles. The van der Waals surface area contributed by atoms with Crippen LogP contribution in [0.4, 0.5) is 0 Å². The maximum absolute atomic E-state index is 8.88. The van der Waals surface area contributed by atoms with Gasteiger partial charge < -0.3 is 14.7 Å². The van der Waals surface area contributed by atoms with Crippen molar-refractivity contribution in [3.63, 3.8) is 0 Å². The monoisotopic (exact) mass is 385 g/mol. The number of hydrogen-bond acceptors (Lipinski definition) is 2. The Bertz CT molecular complexity index is 66.2. The molecule has 0 heterocycles. The van der Waals surface area contributed by atoms with E-state index in [1.807, 2.05) is 0 Å². The smallest absolute Gasteiger partial charge is 0.303 e. The third-order valence-corrected chi connectivity index (χ3v) is 0. The third-order valence-electron chi connectivity index (χ3n) is 0. The average molecular weight is 385 g/mol. The maximum atomic E-state index is 8.88. The first-order valence-electron chi connectivity index (χ1n) is 1.02. The molecule has 8 heavy (non-hydrogen) atoms. The molecular weight excluding hydrogens is 380 g/mol. The molecule has 0 fully saturated rings. The molecule has 0 aliphatic carbocycles. The summed E-state index contributed by atoms with van der Waals surface area (Å²) in [5.41, 5.74) is 0. The number of rotatable bonds is 0. The molecule has 0 bridgehead atoms. The Morgan fingerprint density at radius 3 is 1.12 bits per heavy atom. The summed E-state index contributed by atoms with van der Waals surface area (Å²) in [7, 11) is -3.47. The summed E-state index contributed by atoms with van der Waals surface area (Å²) >= 11 is 0. The van der Waals surface area contributed by atoms with Crippen molar-refractivity contribution in [2.75, 3.05) is 0 Å². The molecule has 0 saturated carbocycles. The van der Waals surface area contributed by atoms with Crippen LogP contribution in [0.5, 0.6) is 0 Å². The first kappa shape index (κ1) is 16.1. The van der Waals surface area contributed by atoms with Gasteiger partial charge in [0.15, 0.2) is 0 Å². The molecule has 0 aromatic rings. The van der Waals surface area contributed by atoms with Gasteiger partial charge in [0.1, 0.15) is 0 Å². The molecule has 0 aromatic carbocycles. The molecule has 0 spiro atoms. The summed E-state index contributed by atoms with van der Waals surface area (Å²) in [6.45, 7) is 0. The van der Waals surface area contributed by atoms with Crippen LogP contribution in [-0.4, -0.2) is 14.7 Å². The third kappa shape index (κ3) is 179. The normalized spacial score (nSPS) is 7.88. The molecule has 0 radical (unpaired) electrons. The maximum Gasteiger partial charge on any atom is 0.466 e. The van der Waals surface area contributed by atoms with Crippen LogP contribution in [0.3, 0.4) is 0 Å². The van der Waals surface area contributed by atoms with Gasteiger partial charge in [0.05, 0.1) is 0 Å². The van der Waals surface area contributed by atoms with E-state index in [1.54, 1.807) is 0 Å². The van der Waals surface area contributed by atoms with E-state index in [0.29, 0.717) is 0 Å². The van der Waals surface area contributed by atoms with Gasteiger partial charge in [-0.15, -0.1) is 0 Å². The predicted molar refractivity (Wildman–Crippen MR) is 24.7 cm³/mol. The van der Waals surface area contributed by atoms with Gasteiger partial charge in [0.25, 0.3) is 0 Å². The van der Waals surface area contributed by atoms with E-state index in [4.69, 9.17) is 23.8 Å². The SMILES string of the molecule is O=P(O)(O)O.O=[PH2+].[U]. The number of phosphoric acid groups is 1. The van der Waals surface area contributed by atoms with Gasteiger partial charge in [-0.05, 0) is 0 Å². The van der Waals surface area contributed by atoms with E-state index in [2.05, 4.69) is 0 Å². The standard InChI is InChI=1S/H3O4P.H2OP.U/c1-5(2,3)4;1-2;/h(H3,1,2,3,4);2H2;/q;+1;. The van der Waals surface area contributed by atoms with Crippen molar-refractivity contribution in [2.24, 2.45) is 0 Å². The minimum Gasteiger partial charge on any atom is -0.303 e. The van der Waals surface area contributed by atoms with E-state index in [-0.39, 0.29) is 31.1 Å². The zero-order chi connectivity index (χ0) is 6.50. The molecule has 0 aliphatic rings. The average Bonchev–Trinajstić information content (AvgIpc) is 1.36. The molecule has 1 atom stereocenters. The van der Waals surface area contributed by atoms with Gasteiger partial charge >= 0.3 is 16.9 Å². The molecule has 0 aromatic heterocycles. The minimum atomic E-state index is -4.64. The topological polar surface area (TPSA) is 94.8 Å². The molecule has 48 valence electrons. The summed E-state index contributed by atoms with van der Waals surface area (Å²) in [4.78, 5) is 21.6. The summed E-state index contributed by atoms with van der Waals surface area (Å²) in [6.07, 6.45) is 0. The molecular formula is H5O5P2U+. The van der Waals surface area contributed by atoms with Crippen molar-refractivity contribution in [1.82, 2.24) is 0 Å². The Morgan fingerprint density at radius 1 is 1.12 bits per heavy atom. The van der Waals surface area contributed by atoms with Crippen LogP contribution in [-0.2, 0) is 9.13 Å². The molecule has 5 nitrogen and oxygen atoms in total. The Kier molecular flexibility index (Phi) is 16.7. The van der Waals surface area contributed by atoms with E-state index in [9.17, 15) is 0 Å². The van der Waals surface area contributed by atoms with Crippen LogP contribution in [0.1, 0.15) is 0 Å². The van der Waals surface area contributed by atoms with Gasteiger partial charge in [-0.1, -0.05) is 4.57 Å². The van der Waals surface area contributed by atoms with Gasteiger partial charge in [0.2, 0.25) is 0 Å². The fraction of sp³-hybridized carbons (Fsp3) is 0. The van der Waals surface area contributed by atoms with Gasteiger partial charge in [-0.3, -0.25) is 0 Å². The quantitative estimate of drug-likeness (QED) is 0.479.